The fraction of sp³-hybridized carbons (Fsp3) is 0.429. The van der Waals surface area contributed by atoms with Crippen LogP contribution < -0.4 is 26.1 Å². The highest BCUT2D eigenvalue weighted by atomic mass is 16.7. The number of aromatic nitrogens is 1. The molecule has 0 saturated heterocycles. The Morgan fingerprint density at radius 3 is 2.21 bits per heavy atom. The van der Waals surface area contributed by atoms with E-state index in [0.717, 1.165) is 0 Å². The van der Waals surface area contributed by atoms with Crippen molar-refractivity contribution in [3.05, 3.63) is 85.1 Å². The van der Waals surface area contributed by atoms with Crippen LogP contribution in [0.5, 0.6) is 11.5 Å². The number of phenols is 1. The summed E-state index contributed by atoms with van der Waals surface area (Å²) < 4.78 is 24.1. The van der Waals surface area contributed by atoms with Gasteiger partial charge in [-0.15, -0.1) is 0 Å². The van der Waals surface area contributed by atoms with Gasteiger partial charge < -0.3 is 49.5 Å². The van der Waals surface area contributed by atoms with E-state index >= 15 is 0 Å². The fourth-order valence-electron chi connectivity index (χ4n) is 7.63. The van der Waals surface area contributed by atoms with Gasteiger partial charge in [-0.1, -0.05) is 45.9 Å². The lowest BCUT2D eigenvalue weighted by atomic mass is 9.78. The molecular weight excluding hydrogens is 724 g/mol. The van der Waals surface area contributed by atoms with E-state index in [1.54, 1.807) is 52.8 Å². The SMILES string of the molecule is CO[C@H]1/C=C/O[C@@]2(C)Oc3c(C)c(O)c4c(=O)c(c5oc6cc(C)cc(=O)c6nc5c4c3=C2O)NC(=O)/C(C)=C\C=C\[C@H](C)[C@H](O)[C@@H](C)[C@@H](O)[C@@H](C)[C@H](O)[C@@H]1C. The number of phenolic OH excluding ortho intramolecular Hbond substituents is 1. The van der Waals surface area contributed by atoms with Crippen molar-refractivity contribution in [3.8, 4) is 11.5 Å². The normalized spacial score (nSPS) is 31.2. The van der Waals surface area contributed by atoms with Crippen molar-refractivity contribution >= 4 is 50.3 Å². The number of hydrogen-bond acceptors (Lipinski definition) is 13. The molecule has 3 heterocycles. The third kappa shape index (κ3) is 6.70. The number of allylic oxidation sites excluding steroid dienone is 2. The Balaban J connectivity index is 1.65. The number of methoxy groups -OCH3 is 1. The molecule has 0 radical (unpaired) electrons. The van der Waals surface area contributed by atoms with Crippen LogP contribution in [0.4, 0.5) is 5.69 Å². The summed E-state index contributed by atoms with van der Waals surface area (Å²) in [7, 11) is 1.44. The van der Waals surface area contributed by atoms with E-state index in [9.17, 15) is 39.9 Å². The average molecular weight is 773 g/mol. The number of aryl methyl sites for hydroxylation is 1. The number of anilines is 1. The molecule has 4 bridgehead atoms. The highest BCUT2D eigenvalue weighted by Gasteiger charge is 2.44. The van der Waals surface area contributed by atoms with Crippen molar-refractivity contribution in [2.75, 3.05) is 12.4 Å². The second kappa shape index (κ2) is 15.0. The molecule has 298 valence electrons. The minimum atomic E-state index is -1.93. The summed E-state index contributed by atoms with van der Waals surface area (Å²) in [5.41, 5.74) is -1.36. The largest absolute Gasteiger partial charge is 0.507 e. The van der Waals surface area contributed by atoms with Crippen LogP contribution in [-0.4, -0.2) is 73.7 Å². The summed E-state index contributed by atoms with van der Waals surface area (Å²) in [6.07, 6.45) is 3.45. The number of amides is 1. The predicted molar refractivity (Wildman–Crippen MR) is 210 cm³/mol. The van der Waals surface area contributed by atoms with Gasteiger partial charge in [0.2, 0.25) is 10.9 Å². The van der Waals surface area contributed by atoms with Gasteiger partial charge in [-0.05, 0) is 44.5 Å². The van der Waals surface area contributed by atoms with E-state index in [2.05, 4.69) is 10.3 Å². The smallest absolute Gasteiger partial charge is 0.307 e. The van der Waals surface area contributed by atoms with E-state index in [1.807, 2.05) is 0 Å². The second-order valence-corrected chi connectivity index (χ2v) is 15.3. The van der Waals surface area contributed by atoms with Crippen molar-refractivity contribution in [2.24, 2.45) is 23.7 Å². The number of fused-ring (bicyclic) bond motifs is 2. The van der Waals surface area contributed by atoms with Crippen LogP contribution >= 0.6 is 0 Å². The van der Waals surface area contributed by atoms with Gasteiger partial charge in [0.1, 0.15) is 22.7 Å². The number of aliphatic hydroxyl groups excluding tert-OH is 4. The Kier molecular flexibility index (Phi) is 10.8. The minimum absolute atomic E-state index is 0.0316. The first-order chi connectivity index (χ1) is 26.3. The van der Waals surface area contributed by atoms with E-state index in [0.29, 0.717) is 5.56 Å². The Morgan fingerprint density at radius 1 is 0.875 bits per heavy atom. The Bertz CT molecular complexity index is 2520. The monoisotopic (exact) mass is 772 g/mol. The highest BCUT2D eigenvalue weighted by molar-refractivity contribution is 6.16. The molecule has 0 fully saturated rings. The van der Waals surface area contributed by atoms with E-state index in [4.69, 9.17) is 18.6 Å². The van der Waals surface area contributed by atoms with Gasteiger partial charge in [-0.25, -0.2) is 4.98 Å². The number of hydrogen-bond donors (Lipinski definition) is 6. The summed E-state index contributed by atoms with van der Waals surface area (Å²) in [5, 5.41) is 59.5. The van der Waals surface area contributed by atoms with E-state index in [1.165, 1.54) is 52.4 Å². The fourth-order valence-corrected chi connectivity index (χ4v) is 7.63. The van der Waals surface area contributed by atoms with Crippen LogP contribution in [0, 0.1) is 37.5 Å². The van der Waals surface area contributed by atoms with Crippen LogP contribution in [0.2, 0.25) is 0 Å². The number of rotatable bonds is 1. The first-order valence-corrected chi connectivity index (χ1v) is 18.4. The molecule has 0 saturated carbocycles. The molecule has 1 amide bonds. The van der Waals surface area contributed by atoms with Crippen LogP contribution in [0.15, 0.2) is 62.3 Å². The number of nitrogens with zero attached hydrogens (tertiary/aromatic N) is 1. The summed E-state index contributed by atoms with van der Waals surface area (Å²) in [6.45, 7) is 12.9. The van der Waals surface area contributed by atoms with Gasteiger partial charge in [0.25, 0.3) is 5.91 Å². The van der Waals surface area contributed by atoms with Crippen LogP contribution in [0.25, 0.3) is 38.7 Å². The van der Waals surface area contributed by atoms with Crippen molar-refractivity contribution in [1.82, 2.24) is 4.98 Å². The summed E-state index contributed by atoms with van der Waals surface area (Å²) >= 11 is 0. The van der Waals surface area contributed by atoms with Crippen molar-refractivity contribution in [2.45, 2.75) is 85.6 Å². The summed E-state index contributed by atoms with van der Waals surface area (Å²) in [6, 6.07) is 2.92. The van der Waals surface area contributed by atoms with Crippen molar-refractivity contribution in [1.29, 1.82) is 0 Å². The van der Waals surface area contributed by atoms with Crippen LogP contribution in [-0.2, 0) is 14.3 Å². The molecule has 3 aromatic carbocycles. The summed E-state index contributed by atoms with van der Waals surface area (Å²) in [5.74, 6) is -6.15. The lowest BCUT2D eigenvalue weighted by molar-refractivity contribution is -0.112. The quantitative estimate of drug-likeness (QED) is 0.118. The number of carbonyl (C=O) groups is 1. The number of aromatic hydroxyl groups is 1. The maximum absolute atomic E-state index is 14.5. The zero-order valence-electron chi connectivity index (χ0n) is 32.7. The first-order valence-electron chi connectivity index (χ1n) is 18.4. The number of nitrogens with one attached hydrogen (secondary N) is 1. The second-order valence-electron chi connectivity index (χ2n) is 15.3. The highest BCUT2D eigenvalue weighted by Crippen LogP contribution is 2.42. The predicted octanol–water partition coefficient (Wildman–Crippen LogP) is 4.30. The van der Waals surface area contributed by atoms with Gasteiger partial charge in [-0.2, -0.15) is 0 Å². The minimum Gasteiger partial charge on any atom is -0.507 e. The van der Waals surface area contributed by atoms with Crippen molar-refractivity contribution in [3.63, 3.8) is 0 Å². The summed E-state index contributed by atoms with van der Waals surface area (Å²) in [4.78, 5) is 46.0. The number of carbonyl (C=O) groups excluding carboxylic acids is 1. The maximum Gasteiger partial charge on any atom is 0.307 e. The van der Waals surface area contributed by atoms with Gasteiger partial charge in [0.05, 0.1) is 41.3 Å². The topological polar surface area (TPSA) is 218 Å². The standard InChI is InChI=1S/C42H48N2O12/c1-17-15-24(45)30-26(16-17)55-39-31(43-30)27-28-36(49)23(7)38-29(27)40(51)42(8,56-38)54-14-13-25(53-9)20(4)34(47)22(6)35(48)21(5)33(46)18(2)11-10-12-19(3)41(52)44-32(39)37(28)50/h10-16,18,20-22,25,33-35,46-49,51H,1-9H3,(H,44,52)/b11-10+,14-13+,19-12-/t18-,20+,21+,22-,25-,33-,34+,35+,42-/m0/s1. The molecule has 56 heavy (non-hydrogen) atoms. The molecule has 6 N–H and O–H groups in total. The molecule has 6 rings (SSSR count). The molecule has 0 spiro atoms. The first kappa shape index (κ1) is 40.4. The third-order valence-corrected chi connectivity index (χ3v) is 11.3. The zero-order chi connectivity index (χ0) is 41.1. The van der Waals surface area contributed by atoms with Gasteiger partial charge >= 0.3 is 5.79 Å². The molecular formula is C42H48N2O12. The van der Waals surface area contributed by atoms with Gasteiger partial charge in [0, 0.05) is 54.2 Å². The molecule has 4 aromatic rings. The molecule has 9 atom stereocenters. The lowest BCUT2D eigenvalue weighted by Crippen LogP contribution is -2.44. The Hall–Kier alpha value is -5.28. The molecule has 0 unspecified atom stereocenters. The molecule has 14 heteroatoms. The van der Waals surface area contributed by atoms with E-state index in [-0.39, 0.29) is 60.8 Å². The molecule has 14 nitrogen and oxygen atoms in total. The number of ether oxygens (including phenoxy) is 3. The number of benzene rings is 3. The van der Waals surface area contributed by atoms with Crippen LogP contribution in [0.1, 0.15) is 52.7 Å². The molecule has 2 aliphatic heterocycles. The zero-order valence-corrected chi connectivity index (χ0v) is 32.7. The number of aliphatic hydroxyl groups is 4. The van der Waals surface area contributed by atoms with Gasteiger partial charge in [0.15, 0.2) is 22.4 Å². The Morgan fingerprint density at radius 2 is 1.54 bits per heavy atom. The van der Waals surface area contributed by atoms with Crippen molar-refractivity contribution < 1.29 is 49.0 Å². The molecule has 1 aromatic heterocycles. The van der Waals surface area contributed by atoms with Gasteiger partial charge in [-0.3, -0.25) is 14.4 Å². The average Bonchev–Trinajstić information content (AvgIpc) is 3.43. The lowest BCUT2D eigenvalue weighted by Gasteiger charge is -2.36. The maximum atomic E-state index is 14.5. The third-order valence-electron chi connectivity index (χ3n) is 11.3. The Labute approximate surface area is 322 Å². The molecule has 0 aliphatic carbocycles. The van der Waals surface area contributed by atoms with Crippen LogP contribution in [0.3, 0.4) is 0 Å². The van der Waals surface area contributed by atoms with E-state index < -0.39 is 82.1 Å². The molecule has 2 aliphatic rings.